The minimum Gasteiger partial charge on any atom is -0.307 e. The fourth-order valence-electron chi connectivity index (χ4n) is 2.27. The van der Waals surface area contributed by atoms with E-state index in [9.17, 15) is 0 Å². The Balaban J connectivity index is 1.73. The molecular weight excluding hydrogens is 202 g/mol. The molecule has 0 atom stereocenters. The normalized spacial score (nSPS) is 17.2. The van der Waals surface area contributed by atoms with Crippen LogP contribution in [0.2, 0.25) is 0 Å². The van der Waals surface area contributed by atoms with Gasteiger partial charge in [-0.05, 0) is 25.0 Å². The Hall–Kier alpha value is -1.49. The van der Waals surface area contributed by atoms with E-state index in [-0.39, 0.29) is 0 Å². The van der Waals surface area contributed by atoms with E-state index in [0.717, 1.165) is 18.0 Å². The van der Waals surface area contributed by atoms with E-state index in [4.69, 9.17) is 0 Å². The van der Waals surface area contributed by atoms with Crippen molar-refractivity contribution in [1.29, 1.82) is 0 Å². The minimum atomic E-state index is 0.649. The summed E-state index contributed by atoms with van der Waals surface area (Å²) in [6, 6.07) is 4.44. The molecule has 5 heteroatoms. The van der Waals surface area contributed by atoms with Crippen LogP contribution in [-0.4, -0.2) is 25.9 Å². The molecule has 0 unspecified atom stereocenters. The summed E-state index contributed by atoms with van der Waals surface area (Å²) in [4.78, 5) is 0. The first kappa shape index (κ1) is 9.72. The molecule has 1 N–H and O–H groups in total. The van der Waals surface area contributed by atoms with Gasteiger partial charge in [-0.3, -0.25) is 0 Å². The van der Waals surface area contributed by atoms with Crippen LogP contribution < -0.4 is 5.32 Å². The van der Waals surface area contributed by atoms with Crippen LogP contribution in [-0.2, 0) is 6.54 Å². The number of rotatable bonds is 3. The topological polar surface area (TPSA) is 55.1 Å². The quantitative estimate of drug-likeness (QED) is 0.838. The summed E-state index contributed by atoms with van der Waals surface area (Å²) < 4.78 is 1.79. The van der Waals surface area contributed by atoms with Crippen molar-refractivity contribution >= 4 is 5.65 Å². The molecule has 0 amide bonds. The molecule has 0 saturated heterocycles. The van der Waals surface area contributed by atoms with Crippen molar-refractivity contribution in [2.45, 2.75) is 38.3 Å². The van der Waals surface area contributed by atoms with Gasteiger partial charge in [0.1, 0.15) is 0 Å². The zero-order chi connectivity index (χ0) is 10.8. The molecule has 3 rings (SSSR count). The predicted octanol–water partition coefficient (Wildman–Crippen LogP) is 1.16. The second kappa shape index (κ2) is 4.17. The van der Waals surface area contributed by atoms with E-state index < -0.39 is 0 Å². The molecule has 1 saturated carbocycles. The van der Waals surface area contributed by atoms with Gasteiger partial charge < -0.3 is 5.32 Å². The van der Waals surface area contributed by atoms with Gasteiger partial charge in [-0.25, -0.2) is 0 Å². The molecule has 1 fully saturated rings. The first-order valence-corrected chi connectivity index (χ1v) is 5.82. The van der Waals surface area contributed by atoms with Gasteiger partial charge in [0.25, 0.3) is 0 Å². The molecule has 1 aliphatic carbocycles. The van der Waals surface area contributed by atoms with Crippen molar-refractivity contribution in [3.8, 4) is 0 Å². The summed E-state index contributed by atoms with van der Waals surface area (Å²) in [5.41, 5.74) is 0.811. The van der Waals surface area contributed by atoms with Gasteiger partial charge in [0.2, 0.25) is 0 Å². The standard InChI is InChI=1S/C11H15N5/c1-2-5-9(4-1)12-8-11-15-14-10-6-3-7-13-16(10)11/h3,6-7,9,12H,1-2,4-5,8H2. The average molecular weight is 217 g/mol. The van der Waals surface area contributed by atoms with Crippen LogP contribution in [0.15, 0.2) is 18.3 Å². The highest BCUT2D eigenvalue weighted by Crippen LogP contribution is 2.17. The molecule has 0 spiro atoms. The minimum absolute atomic E-state index is 0.649. The average Bonchev–Trinajstić information content (AvgIpc) is 2.96. The molecule has 2 aromatic heterocycles. The van der Waals surface area contributed by atoms with Gasteiger partial charge in [0.05, 0.1) is 6.54 Å². The summed E-state index contributed by atoms with van der Waals surface area (Å²) in [5.74, 6) is 0.891. The number of fused-ring (bicyclic) bond motifs is 1. The van der Waals surface area contributed by atoms with Crippen molar-refractivity contribution in [3.05, 3.63) is 24.2 Å². The highest BCUT2D eigenvalue weighted by Gasteiger charge is 2.15. The van der Waals surface area contributed by atoms with Gasteiger partial charge in [-0.2, -0.15) is 9.61 Å². The van der Waals surface area contributed by atoms with Crippen molar-refractivity contribution < 1.29 is 0 Å². The van der Waals surface area contributed by atoms with Crippen molar-refractivity contribution in [2.24, 2.45) is 0 Å². The molecule has 0 bridgehead atoms. The summed E-state index contributed by atoms with van der Waals surface area (Å²) >= 11 is 0. The zero-order valence-corrected chi connectivity index (χ0v) is 9.13. The predicted molar refractivity (Wildman–Crippen MR) is 59.9 cm³/mol. The van der Waals surface area contributed by atoms with E-state index in [2.05, 4.69) is 20.6 Å². The summed E-state index contributed by atoms with van der Waals surface area (Å²) in [5, 5.41) is 16.0. The first-order valence-electron chi connectivity index (χ1n) is 5.82. The van der Waals surface area contributed by atoms with E-state index in [1.165, 1.54) is 25.7 Å². The maximum atomic E-state index is 4.24. The summed E-state index contributed by atoms with van der Waals surface area (Å²) in [6.07, 6.45) is 7.01. The summed E-state index contributed by atoms with van der Waals surface area (Å²) in [6.45, 7) is 0.753. The van der Waals surface area contributed by atoms with E-state index in [1.54, 1.807) is 10.7 Å². The lowest BCUT2D eigenvalue weighted by molar-refractivity contribution is 0.508. The third-order valence-corrected chi connectivity index (χ3v) is 3.15. The van der Waals surface area contributed by atoms with Gasteiger partial charge >= 0.3 is 0 Å². The Bertz CT molecular complexity index is 472. The van der Waals surface area contributed by atoms with Crippen LogP contribution in [0, 0.1) is 0 Å². The molecule has 0 aliphatic heterocycles. The molecule has 0 aromatic carbocycles. The van der Waals surface area contributed by atoms with Gasteiger partial charge in [0.15, 0.2) is 11.5 Å². The molecular formula is C11H15N5. The van der Waals surface area contributed by atoms with Crippen molar-refractivity contribution in [1.82, 2.24) is 25.1 Å². The van der Waals surface area contributed by atoms with Crippen LogP contribution in [0.25, 0.3) is 5.65 Å². The fourth-order valence-corrected chi connectivity index (χ4v) is 2.27. The monoisotopic (exact) mass is 217 g/mol. The third kappa shape index (κ3) is 1.78. The van der Waals surface area contributed by atoms with E-state index >= 15 is 0 Å². The Labute approximate surface area is 93.9 Å². The molecule has 16 heavy (non-hydrogen) atoms. The molecule has 2 aromatic rings. The van der Waals surface area contributed by atoms with Crippen LogP contribution >= 0.6 is 0 Å². The maximum Gasteiger partial charge on any atom is 0.177 e. The largest absolute Gasteiger partial charge is 0.307 e. The van der Waals surface area contributed by atoms with E-state index in [0.29, 0.717) is 6.04 Å². The Morgan fingerprint density at radius 1 is 1.31 bits per heavy atom. The molecule has 2 heterocycles. The van der Waals surface area contributed by atoms with Crippen molar-refractivity contribution in [3.63, 3.8) is 0 Å². The van der Waals surface area contributed by atoms with Gasteiger partial charge in [-0.1, -0.05) is 12.8 Å². The van der Waals surface area contributed by atoms with Gasteiger partial charge in [0, 0.05) is 12.2 Å². The van der Waals surface area contributed by atoms with E-state index in [1.807, 2.05) is 12.1 Å². The Morgan fingerprint density at radius 3 is 3.06 bits per heavy atom. The van der Waals surface area contributed by atoms with Crippen LogP contribution in [0.1, 0.15) is 31.5 Å². The zero-order valence-electron chi connectivity index (χ0n) is 9.13. The molecule has 84 valence electrons. The summed E-state index contributed by atoms with van der Waals surface area (Å²) in [7, 11) is 0. The number of nitrogens with zero attached hydrogens (tertiary/aromatic N) is 4. The molecule has 1 aliphatic rings. The van der Waals surface area contributed by atoms with Crippen molar-refractivity contribution in [2.75, 3.05) is 0 Å². The molecule has 5 nitrogen and oxygen atoms in total. The Kier molecular flexibility index (Phi) is 2.53. The number of hydrogen-bond acceptors (Lipinski definition) is 4. The third-order valence-electron chi connectivity index (χ3n) is 3.15. The first-order chi connectivity index (χ1) is 7.93. The highest BCUT2D eigenvalue weighted by molar-refractivity contribution is 5.34. The van der Waals surface area contributed by atoms with Crippen LogP contribution in [0.3, 0.4) is 0 Å². The lowest BCUT2D eigenvalue weighted by Gasteiger charge is -2.09. The smallest absolute Gasteiger partial charge is 0.177 e. The van der Waals surface area contributed by atoms with Gasteiger partial charge in [-0.15, -0.1) is 10.2 Å². The SMILES string of the molecule is c1cnn2c(CNC3CCCC3)nnc2c1. The highest BCUT2D eigenvalue weighted by atomic mass is 15.4. The second-order valence-electron chi connectivity index (χ2n) is 4.27. The number of nitrogens with one attached hydrogen (secondary N) is 1. The van der Waals surface area contributed by atoms with Crippen LogP contribution in [0.4, 0.5) is 0 Å². The lowest BCUT2D eigenvalue weighted by Crippen LogP contribution is -2.26. The Morgan fingerprint density at radius 2 is 2.19 bits per heavy atom. The van der Waals surface area contributed by atoms with Crippen LogP contribution in [0.5, 0.6) is 0 Å². The number of hydrogen-bond donors (Lipinski definition) is 1. The second-order valence-corrected chi connectivity index (χ2v) is 4.27. The number of aromatic nitrogens is 4. The molecule has 0 radical (unpaired) electrons. The lowest BCUT2D eigenvalue weighted by atomic mass is 10.2. The fraction of sp³-hybridized carbons (Fsp3) is 0.545. The maximum absolute atomic E-state index is 4.24.